The number of benzene rings is 3. The molecular weight excluding hydrogens is 986 g/mol. The summed E-state index contributed by atoms with van der Waals surface area (Å²) in [4.78, 5) is 60.5. The number of aliphatic hydroxyl groups is 1. The first-order valence-corrected chi connectivity index (χ1v) is 25.7. The summed E-state index contributed by atoms with van der Waals surface area (Å²) in [6.45, 7) is 4.01. The summed E-state index contributed by atoms with van der Waals surface area (Å²) in [5.74, 6) is -6.07. The molecule has 3 aromatic carbocycles. The van der Waals surface area contributed by atoms with Crippen LogP contribution in [-0.2, 0) is 22.2 Å². The maximum atomic E-state index is 16.4. The van der Waals surface area contributed by atoms with Gasteiger partial charge in [-0.3, -0.25) is 29.3 Å². The van der Waals surface area contributed by atoms with Crippen molar-refractivity contribution >= 4 is 52.1 Å². The molecule has 5 aromatic rings. The van der Waals surface area contributed by atoms with Crippen molar-refractivity contribution in [3.8, 4) is 22.8 Å². The van der Waals surface area contributed by atoms with Crippen molar-refractivity contribution in [2.24, 2.45) is 18.7 Å². The van der Waals surface area contributed by atoms with Crippen LogP contribution in [0.1, 0.15) is 104 Å². The molecule has 16 nitrogen and oxygen atoms in total. The second-order valence-corrected chi connectivity index (χ2v) is 20.5. The van der Waals surface area contributed by atoms with Crippen LogP contribution < -0.4 is 30.7 Å². The number of urea groups is 1. The molecule has 5 amide bonds. The van der Waals surface area contributed by atoms with Crippen LogP contribution in [0.25, 0.3) is 22.0 Å². The minimum Gasteiger partial charge on any atom is -0.480 e. The Morgan fingerprint density at radius 1 is 0.932 bits per heavy atom. The van der Waals surface area contributed by atoms with Crippen LogP contribution in [0.15, 0.2) is 48.7 Å². The highest BCUT2D eigenvalue weighted by Crippen LogP contribution is 2.56. The molecule has 21 heteroatoms. The summed E-state index contributed by atoms with van der Waals surface area (Å²) in [6, 6.07) is 11.4. The van der Waals surface area contributed by atoms with Crippen LogP contribution in [0, 0.1) is 29.2 Å². The van der Waals surface area contributed by atoms with E-state index in [0.29, 0.717) is 70.3 Å². The van der Waals surface area contributed by atoms with Crippen LogP contribution in [0.2, 0.25) is 5.02 Å². The van der Waals surface area contributed by atoms with E-state index in [2.05, 4.69) is 25.6 Å². The molecule has 4 fully saturated rings. The van der Waals surface area contributed by atoms with Gasteiger partial charge in [-0.05, 0) is 82.0 Å². The average Bonchev–Trinajstić information content (AvgIpc) is 3.88. The molecule has 10 rings (SSSR count). The lowest BCUT2D eigenvalue weighted by Gasteiger charge is -2.43. The molecule has 4 aliphatic heterocycles. The Kier molecular flexibility index (Phi) is 14.3. The zero-order valence-electron chi connectivity index (χ0n) is 41.1. The zero-order chi connectivity index (χ0) is 52.2. The number of imide groups is 1. The normalized spacial score (nSPS) is 23.0. The number of nitrogens with two attached hydrogens (primary N) is 1. The number of rotatable bonds is 13. The third-order valence-electron chi connectivity index (χ3n) is 16.0. The molecule has 74 heavy (non-hydrogen) atoms. The summed E-state index contributed by atoms with van der Waals surface area (Å²) >= 11 is 6.69. The number of aliphatic hydroxyl groups excluding tert-OH is 1. The number of nitrogens with one attached hydrogen (secondary N) is 2. The van der Waals surface area contributed by atoms with Crippen LogP contribution in [0.3, 0.4) is 0 Å². The van der Waals surface area contributed by atoms with E-state index in [-0.39, 0.29) is 95.1 Å². The highest BCUT2D eigenvalue weighted by Gasteiger charge is 2.50. The Balaban J connectivity index is 0.758. The lowest BCUT2D eigenvalue weighted by molar-refractivity contribution is -0.138. The zero-order valence-corrected chi connectivity index (χ0v) is 41.8. The van der Waals surface area contributed by atoms with Gasteiger partial charge in [0.1, 0.15) is 29.5 Å². The summed E-state index contributed by atoms with van der Waals surface area (Å²) in [6.07, 6.45) is 6.58. The van der Waals surface area contributed by atoms with Gasteiger partial charge in [0.15, 0.2) is 23.1 Å². The van der Waals surface area contributed by atoms with Crippen molar-refractivity contribution < 1.29 is 51.3 Å². The van der Waals surface area contributed by atoms with Gasteiger partial charge in [-0.2, -0.15) is 5.10 Å². The van der Waals surface area contributed by atoms with Crippen LogP contribution in [0.4, 0.5) is 28.2 Å². The minimum atomic E-state index is -1.15. The van der Waals surface area contributed by atoms with E-state index in [1.54, 1.807) is 7.05 Å². The van der Waals surface area contributed by atoms with Crippen molar-refractivity contribution in [1.29, 1.82) is 0 Å². The first kappa shape index (κ1) is 51.1. The maximum Gasteiger partial charge on any atom is 0.329 e. The molecule has 3 saturated heterocycles. The largest absolute Gasteiger partial charge is 0.480 e. The van der Waals surface area contributed by atoms with E-state index >= 15 is 17.6 Å². The fourth-order valence-electron chi connectivity index (χ4n) is 12.2. The fraction of sp³-hybridized carbons (Fsp3) is 0.472. The Morgan fingerprint density at radius 2 is 1.65 bits per heavy atom. The summed E-state index contributed by atoms with van der Waals surface area (Å²) in [7, 11) is 1.55. The second-order valence-electron chi connectivity index (χ2n) is 20.1. The Morgan fingerprint density at radius 3 is 2.32 bits per heavy atom. The summed E-state index contributed by atoms with van der Waals surface area (Å²) in [5.41, 5.74) is 4.96. The van der Waals surface area contributed by atoms with Crippen LogP contribution in [-0.4, -0.2) is 118 Å². The van der Waals surface area contributed by atoms with Gasteiger partial charge in [-0.25, -0.2) is 27.3 Å². The number of aryl methyl sites for hydroxylation is 1. The summed E-state index contributed by atoms with van der Waals surface area (Å²) < 4.78 is 77.9. The monoisotopic (exact) mass is 1040 g/mol. The number of halogens is 5. The highest BCUT2D eigenvalue weighted by atomic mass is 35.5. The number of ether oxygens (including phenoxy) is 2. The Labute approximate surface area is 429 Å². The van der Waals surface area contributed by atoms with Gasteiger partial charge < -0.3 is 35.4 Å². The van der Waals surface area contributed by atoms with E-state index in [1.165, 1.54) is 15.6 Å². The van der Waals surface area contributed by atoms with Gasteiger partial charge in [0.25, 0.3) is 11.8 Å². The molecule has 2 atom stereocenters. The number of piperidine rings is 2. The number of fused-ring (bicyclic) bond motifs is 2. The molecular formula is C53H58ClF4N9O7. The Hall–Kier alpha value is -6.35. The molecule has 1 saturated carbocycles. The first-order chi connectivity index (χ1) is 35.6. The number of pyridine rings is 1. The minimum absolute atomic E-state index is 0.0132. The van der Waals surface area contributed by atoms with Crippen LogP contribution >= 0.6 is 11.6 Å². The molecule has 5 N–H and O–H groups in total. The number of anilines is 1. The standard InChI is InChI=1S/C53H58ClF4N9O7/c1-28-40-38(25-37(56)44(54)43(40)42-35(48(59)70)26-60-50(46(42)58)73-23-22-68)74-53(28,31-6-4-3-5-7-31)27-61-32-10-8-30(9-11-32)51(71)66-19-14-33(15-20-66)65-17-12-29(13-18-65)41-36(55)24-34-47(45(41)57)64(2)63-49(34)67-21-16-39(69)62-52(67)72/h3-7,24-26,28-30,32-33,61,68H,8-23,27H2,1-2H3,(H2,59,70)(H,62,69,72). The van der Waals surface area contributed by atoms with E-state index < -0.39 is 75.7 Å². The predicted molar refractivity (Wildman–Crippen MR) is 266 cm³/mol. The van der Waals surface area contributed by atoms with E-state index in [0.717, 1.165) is 30.7 Å². The number of carbonyl (C=O) groups excluding carboxylic acids is 4. The predicted octanol–water partition coefficient (Wildman–Crippen LogP) is 7.17. The van der Waals surface area contributed by atoms with Gasteiger partial charge in [0.2, 0.25) is 11.8 Å². The number of primary amides is 1. The molecule has 0 spiro atoms. The average molecular weight is 1040 g/mol. The smallest absolute Gasteiger partial charge is 0.329 e. The third kappa shape index (κ3) is 9.21. The topological polar surface area (TPSA) is 197 Å². The van der Waals surface area contributed by atoms with Gasteiger partial charge >= 0.3 is 6.03 Å². The quantitative estimate of drug-likeness (QED) is 0.0873. The van der Waals surface area contributed by atoms with Crippen molar-refractivity contribution in [2.75, 3.05) is 57.4 Å². The molecule has 2 aromatic heterocycles. The van der Waals surface area contributed by atoms with Crippen molar-refractivity contribution in [3.63, 3.8) is 0 Å². The summed E-state index contributed by atoms with van der Waals surface area (Å²) in [5, 5.41) is 19.4. The molecule has 1 aliphatic carbocycles. The molecule has 2 unspecified atom stereocenters. The van der Waals surface area contributed by atoms with E-state index in [1.807, 2.05) is 42.2 Å². The van der Waals surface area contributed by atoms with Crippen LogP contribution in [0.5, 0.6) is 11.6 Å². The van der Waals surface area contributed by atoms with Gasteiger partial charge in [-0.15, -0.1) is 0 Å². The third-order valence-corrected chi connectivity index (χ3v) is 16.4. The molecule has 0 bridgehead atoms. The molecule has 6 heterocycles. The van der Waals surface area contributed by atoms with E-state index in [9.17, 15) is 24.3 Å². The second kappa shape index (κ2) is 20.8. The molecule has 0 radical (unpaired) electrons. The lowest BCUT2D eigenvalue weighted by atomic mass is 9.77. The number of carbonyl (C=O) groups is 4. The first-order valence-electron chi connectivity index (χ1n) is 25.3. The number of nitrogens with zero attached hydrogens (tertiary/aromatic N) is 6. The molecule has 5 aliphatic rings. The van der Waals surface area contributed by atoms with Gasteiger partial charge in [0.05, 0.1) is 22.6 Å². The number of aromatic nitrogens is 3. The number of amides is 5. The fourth-order valence-corrected chi connectivity index (χ4v) is 12.4. The Bertz CT molecular complexity index is 3010. The molecule has 392 valence electrons. The number of hydrogen-bond donors (Lipinski definition) is 4. The van der Waals surface area contributed by atoms with Crippen molar-refractivity contribution in [2.45, 2.75) is 94.2 Å². The van der Waals surface area contributed by atoms with Gasteiger partial charge in [0, 0.05) is 98.1 Å². The number of likely N-dealkylation sites (tertiary alicyclic amines) is 2. The van der Waals surface area contributed by atoms with Crippen molar-refractivity contribution in [1.82, 2.24) is 35.2 Å². The van der Waals surface area contributed by atoms with Gasteiger partial charge in [-0.1, -0.05) is 48.9 Å². The number of hydrogen-bond acceptors (Lipinski definition) is 11. The highest BCUT2D eigenvalue weighted by molar-refractivity contribution is 6.34. The SMILES string of the molecule is CC1c2c(cc(F)c(Cl)c2-c2c(C(N)=O)cnc(OCCO)c2F)OC1(CNC1CCC(C(=O)N2CCC(N3CCC(c4c(F)cc5c(N6CCC(=O)NC6=O)nn(C)c5c4F)CC3)CC2)CC1)c1ccccc1. The lowest BCUT2D eigenvalue weighted by Crippen LogP contribution is -2.51. The van der Waals surface area contributed by atoms with Crippen molar-refractivity contribution in [3.05, 3.63) is 99.2 Å². The van der Waals surface area contributed by atoms with E-state index in [4.69, 9.17) is 26.8 Å². The maximum absolute atomic E-state index is 16.4.